The minimum absolute atomic E-state index is 0.0237. The Labute approximate surface area is 359 Å². The first-order valence-corrected chi connectivity index (χ1v) is 18.3. The Bertz CT molecular complexity index is 2170. The lowest BCUT2D eigenvalue weighted by Crippen LogP contribution is -2.07. The lowest BCUT2D eigenvalue weighted by Gasteiger charge is -2.09. The number of halogens is 7. The molecule has 0 aromatic carbocycles. The van der Waals surface area contributed by atoms with Gasteiger partial charge in [-0.3, -0.25) is 9.97 Å². The van der Waals surface area contributed by atoms with E-state index in [2.05, 4.69) is 66.1 Å². The number of hydrogen-bond donors (Lipinski definition) is 1. The molecule has 0 spiro atoms. The molecule has 0 fully saturated rings. The number of rotatable bonds is 12. The topological polar surface area (TPSA) is 213 Å². The monoisotopic (exact) mass is 946 g/mol. The highest BCUT2D eigenvalue weighted by molar-refractivity contribution is 9.08. The van der Waals surface area contributed by atoms with E-state index < -0.39 is 23.5 Å². The third kappa shape index (κ3) is 16.1. The lowest BCUT2D eigenvalue weighted by atomic mass is 10.2. The minimum atomic E-state index is -4.46. The van der Waals surface area contributed by atoms with Crippen LogP contribution in [0.1, 0.15) is 50.6 Å². The maximum atomic E-state index is 12.8. The third-order valence-corrected chi connectivity index (χ3v) is 7.84. The molecule has 0 aliphatic heterocycles. The fraction of sp³-hybridized carbons (Fsp3) is 0.351. The van der Waals surface area contributed by atoms with Crippen LogP contribution in [-0.2, 0) is 29.1 Å². The summed E-state index contributed by atoms with van der Waals surface area (Å²) < 4.78 is 105. The molecule has 0 amide bonds. The van der Waals surface area contributed by atoms with Gasteiger partial charge in [0.2, 0.25) is 35.3 Å². The molecule has 0 aliphatic carbocycles. The molecule has 18 nitrogen and oxygen atoms in total. The molecule has 0 saturated heterocycles. The molecule has 0 unspecified atom stereocenters. The van der Waals surface area contributed by atoms with E-state index in [0.29, 0.717) is 34.4 Å². The van der Waals surface area contributed by atoms with E-state index in [1.165, 1.54) is 47.0 Å². The Morgan fingerprint density at radius 2 is 0.919 bits per heavy atom. The number of oxime groups is 2. The van der Waals surface area contributed by atoms with Crippen LogP contribution in [0.5, 0.6) is 35.3 Å². The van der Waals surface area contributed by atoms with Crippen molar-refractivity contribution < 1.29 is 64.8 Å². The van der Waals surface area contributed by atoms with Gasteiger partial charge >= 0.3 is 12.4 Å². The molecule has 5 heterocycles. The second-order valence-corrected chi connectivity index (χ2v) is 12.0. The van der Waals surface area contributed by atoms with Gasteiger partial charge in [-0.2, -0.15) is 26.3 Å². The molecular weight excluding hydrogens is 906 g/mol. The molecule has 5 aromatic rings. The van der Waals surface area contributed by atoms with Crippen molar-refractivity contribution in [2.75, 3.05) is 42.7 Å². The highest BCUT2D eigenvalue weighted by Gasteiger charge is 2.32. The van der Waals surface area contributed by atoms with Gasteiger partial charge in [0.05, 0.1) is 88.7 Å². The third-order valence-electron chi connectivity index (χ3n) is 7.28. The summed E-state index contributed by atoms with van der Waals surface area (Å²) in [6.07, 6.45) is -2.85. The van der Waals surface area contributed by atoms with Crippen LogP contribution in [0.4, 0.5) is 26.3 Å². The standard InChI is InChI=1S/C15H15F3N4O3.C8H7F3N2O.C7H9BrN2O2.C7H10N2O2/c1-9-4-10(15(16,17)18)5-11(22-9)6-21-25-7-12-13(23-2)19-8-20-14(12)24-3;1-5-2-6(8(9,10)11)3-7(13-5)4-12-14;1-11-6-5(3-8)7(12-2)10-4-9-6;1-5-6(10-2)8-4-9-7(5)11-3/h4-6,8H,7H2,1-3H3;2-4,14H,1H3;4H,3H2,1-2H3;4H,1-3H3/b21-6+;12-4+;;. The highest BCUT2D eigenvalue weighted by Crippen LogP contribution is 2.31. The summed E-state index contributed by atoms with van der Waals surface area (Å²) in [6.45, 7) is 4.65. The largest absolute Gasteiger partial charge is 0.481 e. The van der Waals surface area contributed by atoms with Gasteiger partial charge < -0.3 is 38.5 Å². The zero-order valence-corrected chi connectivity index (χ0v) is 36.1. The van der Waals surface area contributed by atoms with Crippen molar-refractivity contribution in [1.29, 1.82) is 0 Å². The number of aromatic nitrogens is 8. The van der Waals surface area contributed by atoms with Gasteiger partial charge in [0, 0.05) is 16.7 Å². The van der Waals surface area contributed by atoms with Gasteiger partial charge in [0.1, 0.15) is 24.5 Å². The van der Waals surface area contributed by atoms with E-state index in [1.54, 1.807) is 28.4 Å². The SMILES string of the molecule is COc1ncnc(OC)c1C.COc1ncnc(OC)c1CBr.COc1ncnc(OC)c1CO/N=C/c1cc(C(F)(F)F)cc(C)n1.Cc1cc(C(F)(F)F)cc(/C=N/O)n1. The summed E-state index contributed by atoms with van der Waals surface area (Å²) in [5.41, 5.74) is 0.875. The maximum Gasteiger partial charge on any atom is 0.416 e. The minimum Gasteiger partial charge on any atom is -0.481 e. The average molecular weight is 948 g/mol. The molecule has 0 aliphatic rings. The fourth-order valence-electron chi connectivity index (χ4n) is 4.63. The smallest absolute Gasteiger partial charge is 0.416 e. The fourth-order valence-corrected chi connectivity index (χ4v) is 5.11. The van der Waals surface area contributed by atoms with Crippen molar-refractivity contribution in [3.8, 4) is 35.3 Å². The first kappa shape index (κ1) is 51.5. The summed E-state index contributed by atoms with van der Waals surface area (Å²) in [7, 11) is 9.10. The van der Waals surface area contributed by atoms with Crippen LogP contribution < -0.4 is 28.4 Å². The van der Waals surface area contributed by atoms with Crippen LogP contribution in [0.15, 0.2) is 53.6 Å². The Hall–Kier alpha value is -6.66. The molecule has 25 heteroatoms. The normalized spacial score (nSPS) is 11.0. The Balaban J connectivity index is 0.000000305. The number of aryl methyl sites for hydroxylation is 2. The van der Waals surface area contributed by atoms with Gasteiger partial charge in [-0.25, -0.2) is 29.9 Å². The molecule has 0 saturated carbocycles. The summed E-state index contributed by atoms with van der Waals surface area (Å²) in [4.78, 5) is 36.2. The van der Waals surface area contributed by atoms with Gasteiger partial charge in [0.25, 0.3) is 0 Å². The molecule has 5 aromatic heterocycles. The average Bonchev–Trinajstić information content (AvgIpc) is 3.24. The number of hydrogen-bond acceptors (Lipinski definition) is 18. The Morgan fingerprint density at radius 1 is 0.565 bits per heavy atom. The van der Waals surface area contributed by atoms with E-state index in [4.69, 9.17) is 38.5 Å². The number of nitrogens with zero attached hydrogens (tertiary/aromatic N) is 10. The molecule has 5 rings (SSSR count). The second-order valence-electron chi connectivity index (χ2n) is 11.5. The van der Waals surface area contributed by atoms with E-state index in [9.17, 15) is 26.3 Å². The van der Waals surface area contributed by atoms with Crippen LogP contribution in [0.3, 0.4) is 0 Å². The van der Waals surface area contributed by atoms with Crippen LogP contribution in [0, 0.1) is 20.8 Å². The van der Waals surface area contributed by atoms with E-state index in [1.807, 2.05) is 6.92 Å². The van der Waals surface area contributed by atoms with E-state index in [-0.39, 0.29) is 41.1 Å². The molecule has 0 atom stereocenters. The molecule has 0 bridgehead atoms. The van der Waals surface area contributed by atoms with Crippen LogP contribution in [0.25, 0.3) is 0 Å². The first-order valence-electron chi connectivity index (χ1n) is 17.1. The summed E-state index contributed by atoms with van der Waals surface area (Å²) in [6, 6.07) is 3.57. The number of alkyl halides is 7. The Kier molecular flexibility index (Phi) is 20.9. The van der Waals surface area contributed by atoms with E-state index >= 15 is 0 Å². The van der Waals surface area contributed by atoms with Crippen molar-refractivity contribution in [2.24, 2.45) is 10.3 Å². The van der Waals surface area contributed by atoms with Crippen molar-refractivity contribution >= 4 is 28.4 Å². The summed E-state index contributed by atoms with van der Waals surface area (Å²) >= 11 is 3.30. The first-order chi connectivity index (χ1) is 29.4. The van der Waals surface area contributed by atoms with Crippen molar-refractivity contribution in [3.05, 3.63) is 93.8 Å². The van der Waals surface area contributed by atoms with Gasteiger partial charge in [0.15, 0.2) is 6.61 Å². The predicted molar refractivity (Wildman–Crippen MR) is 212 cm³/mol. The van der Waals surface area contributed by atoms with Gasteiger partial charge in [-0.05, 0) is 45.0 Å². The van der Waals surface area contributed by atoms with Crippen molar-refractivity contribution in [1.82, 2.24) is 39.9 Å². The number of methoxy groups -OCH3 is 6. The molecule has 0 radical (unpaired) electrons. The Morgan fingerprint density at radius 3 is 1.26 bits per heavy atom. The van der Waals surface area contributed by atoms with Crippen LogP contribution in [0.2, 0.25) is 0 Å². The highest BCUT2D eigenvalue weighted by atomic mass is 79.9. The van der Waals surface area contributed by atoms with Crippen LogP contribution in [-0.4, -0.2) is 100 Å². The summed E-state index contributed by atoms with van der Waals surface area (Å²) in [5.74, 6) is 2.68. The molecular formula is C37H41BrF6N10O8. The number of ether oxygens (including phenoxy) is 6. The van der Waals surface area contributed by atoms with Crippen molar-refractivity contribution in [3.63, 3.8) is 0 Å². The summed E-state index contributed by atoms with van der Waals surface area (Å²) in [5, 5.41) is 15.0. The van der Waals surface area contributed by atoms with E-state index in [0.717, 1.165) is 47.8 Å². The van der Waals surface area contributed by atoms with Gasteiger partial charge in [-0.1, -0.05) is 26.2 Å². The zero-order chi connectivity index (χ0) is 46.5. The predicted octanol–water partition coefficient (Wildman–Crippen LogP) is 7.17. The number of pyridine rings is 2. The second kappa shape index (κ2) is 25.2. The lowest BCUT2D eigenvalue weighted by molar-refractivity contribution is -0.138. The molecule has 336 valence electrons. The van der Waals surface area contributed by atoms with Crippen LogP contribution >= 0.6 is 15.9 Å². The zero-order valence-electron chi connectivity index (χ0n) is 34.5. The van der Waals surface area contributed by atoms with Crippen molar-refractivity contribution in [2.45, 2.75) is 45.1 Å². The molecule has 1 N–H and O–H groups in total. The maximum absolute atomic E-state index is 12.8. The quantitative estimate of drug-likeness (QED) is 0.0431. The van der Waals surface area contributed by atoms with Gasteiger partial charge in [-0.15, -0.1) is 0 Å². The molecule has 62 heavy (non-hydrogen) atoms.